The van der Waals surface area contributed by atoms with E-state index in [2.05, 4.69) is 29.4 Å². The smallest absolute Gasteiger partial charge is 0.358 e. The average Bonchev–Trinajstić information content (AvgIpc) is 2.80. The molecule has 104 valence electrons. The van der Waals surface area contributed by atoms with Crippen molar-refractivity contribution in [2.45, 2.75) is 31.7 Å². The molecule has 5 nitrogen and oxygen atoms in total. The lowest BCUT2D eigenvalue weighted by Crippen LogP contribution is -2.16. The molecular weight excluding hydrogens is 254 g/mol. The fourth-order valence-electron chi connectivity index (χ4n) is 2.97. The number of aromatic carboxylic acids is 1. The highest BCUT2D eigenvalue weighted by atomic mass is 16.4. The molecule has 0 spiro atoms. The van der Waals surface area contributed by atoms with Crippen LogP contribution in [0.25, 0.3) is 0 Å². The van der Waals surface area contributed by atoms with E-state index in [1.54, 1.807) is 10.9 Å². The number of carbonyl (C=O) groups is 1. The molecule has 0 saturated heterocycles. The third-order valence-corrected chi connectivity index (χ3v) is 3.89. The van der Waals surface area contributed by atoms with Gasteiger partial charge in [0.2, 0.25) is 0 Å². The van der Waals surface area contributed by atoms with E-state index < -0.39 is 5.97 Å². The maximum absolute atomic E-state index is 11.0. The number of fused-ring (bicyclic) bond motifs is 1. The largest absolute Gasteiger partial charge is 0.476 e. The van der Waals surface area contributed by atoms with Crippen LogP contribution in [0.3, 0.4) is 0 Å². The lowest BCUT2D eigenvalue weighted by atomic mass is 9.83. The molecule has 0 fully saturated rings. The molecule has 1 aliphatic rings. The maximum Gasteiger partial charge on any atom is 0.358 e. The highest BCUT2D eigenvalue weighted by molar-refractivity contribution is 5.91. The van der Waals surface area contributed by atoms with Crippen LogP contribution in [-0.4, -0.2) is 20.9 Å². The number of benzene rings is 1. The van der Waals surface area contributed by atoms with E-state index in [-0.39, 0.29) is 11.4 Å². The van der Waals surface area contributed by atoms with Crippen LogP contribution < -0.4 is 5.73 Å². The molecule has 2 aromatic rings. The van der Waals surface area contributed by atoms with Crippen molar-refractivity contribution in [2.75, 3.05) is 5.73 Å². The van der Waals surface area contributed by atoms with Crippen LogP contribution >= 0.6 is 0 Å². The molecule has 0 bridgehead atoms. The van der Waals surface area contributed by atoms with Crippen molar-refractivity contribution >= 4 is 11.7 Å². The fourth-order valence-corrected chi connectivity index (χ4v) is 2.97. The van der Waals surface area contributed by atoms with Crippen molar-refractivity contribution in [3.05, 3.63) is 47.3 Å². The molecule has 1 heterocycles. The Morgan fingerprint density at radius 1 is 1.45 bits per heavy atom. The highest BCUT2D eigenvalue weighted by Gasteiger charge is 2.21. The number of rotatable bonds is 3. The van der Waals surface area contributed by atoms with Gasteiger partial charge in [0, 0.05) is 18.7 Å². The number of aryl methyl sites for hydroxylation is 1. The van der Waals surface area contributed by atoms with E-state index >= 15 is 0 Å². The Balaban J connectivity index is 1.86. The van der Waals surface area contributed by atoms with Gasteiger partial charge < -0.3 is 10.8 Å². The summed E-state index contributed by atoms with van der Waals surface area (Å²) in [5.74, 6) is -0.703. The second kappa shape index (κ2) is 5.00. The lowest BCUT2D eigenvalue weighted by molar-refractivity contribution is 0.0690. The number of aromatic nitrogens is 2. The Bertz CT molecular complexity index is 648. The van der Waals surface area contributed by atoms with Crippen LogP contribution in [0.2, 0.25) is 0 Å². The van der Waals surface area contributed by atoms with E-state index in [4.69, 9.17) is 10.8 Å². The summed E-state index contributed by atoms with van der Waals surface area (Å²) in [4.78, 5) is 11.0. The molecule has 1 aromatic carbocycles. The van der Waals surface area contributed by atoms with Gasteiger partial charge in [0.05, 0.1) is 5.69 Å². The van der Waals surface area contributed by atoms with Gasteiger partial charge >= 0.3 is 5.97 Å². The monoisotopic (exact) mass is 271 g/mol. The summed E-state index contributed by atoms with van der Waals surface area (Å²) in [7, 11) is 0. The zero-order valence-corrected chi connectivity index (χ0v) is 11.1. The molecule has 20 heavy (non-hydrogen) atoms. The molecule has 0 radical (unpaired) electrons. The summed E-state index contributed by atoms with van der Waals surface area (Å²) in [6.07, 6.45) is 4.98. The molecule has 5 heteroatoms. The van der Waals surface area contributed by atoms with Crippen LogP contribution in [0.4, 0.5) is 5.69 Å². The van der Waals surface area contributed by atoms with Crippen molar-refractivity contribution in [3.8, 4) is 0 Å². The van der Waals surface area contributed by atoms with Gasteiger partial charge in [-0.15, -0.1) is 0 Å². The SMILES string of the molecule is Nc1cn(CC2CCCc3ccccc32)nc1C(=O)O. The minimum Gasteiger partial charge on any atom is -0.476 e. The number of carboxylic acids is 1. The number of anilines is 1. The molecule has 3 N–H and O–H groups in total. The highest BCUT2D eigenvalue weighted by Crippen LogP contribution is 2.32. The fraction of sp³-hybridized carbons (Fsp3) is 0.333. The minimum absolute atomic E-state index is 0.0610. The third kappa shape index (κ3) is 2.27. The van der Waals surface area contributed by atoms with E-state index in [1.807, 2.05) is 0 Å². The first-order valence-corrected chi connectivity index (χ1v) is 6.79. The van der Waals surface area contributed by atoms with Gasteiger partial charge in [-0.25, -0.2) is 4.79 Å². The van der Waals surface area contributed by atoms with Crippen molar-refractivity contribution in [2.24, 2.45) is 0 Å². The predicted molar refractivity (Wildman–Crippen MR) is 75.7 cm³/mol. The summed E-state index contributed by atoms with van der Waals surface area (Å²) in [5.41, 5.74) is 8.58. The second-order valence-corrected chi connectivity index (χ2v) is 5.25. The lowest BCUT2D eigenvalue weighted by Gasteiger charge is -2.25. The molecule has 0 aliphatic heterocycles. The van der Waals surface area contributed by atoms with Crippen molar-refractivity contribution in [1.29, 1.82) is 0 Å². The predicted octanol–water partition coefficient (Wildman–Crippen LogP) is 2.28. The van der Waals surface area contributed by atoms with Crippen LogP contribution in [0.5, 0.6) is 0 Å². The first-order valence-electron chi connectivity index (χ1n) is 6.79. The van der Waals surface area contributed by atoms with Gasteiger partial charge in [0.1, 0.15) is 0 Å². The maximum atomic E-state index is 11.0. The van der Waals surface area contributed by atoms with Crippen LogP contribution in [0, 0.1) is 0 Å². The van der Waals surface area contributed by atoms with Crippen LogP contribution in [0.15, 0.2) is 30.5 Å². The number of nitrogens with two attached hydrogens (primary N) is 1. The molecule has 1 aliphatic carbocycles. The van der Waals surface area contributed by atoms with Gasteiger partial charge in [-0.05, 0) is 30.4 Å². The molecule has 1 unspecified atom stereocenters. The van der Waals surface area contributed by atoms with Crippen LogP contribution in [0.1, 0.15) is 40.4 Å². The Labute approximate surface area is 117 Å². The summed E-state index contributed by atoms with van der Waals surface area (Å²) in [6, 6.07) is 8.44. The summed E-state index contributed by atoms with van der Waals surface area (Å²) < 4.78 is 1.66. The van der Waals surface area contributed by atoms with Gasteiger partial charge in [-0.2, -0.15) is 5.10 Å². The van der Waals surface area contributed by atoms with Crippen molar-refractivity contribution in [3.63, 3.8) is 0 Å². The van der Waals surface area contributed by atoms with Crippen LogP contribution in [-0.2, 0) is 13.0 Å². The first kappa shape index (κ1) is 12.7. The number of nitrogen functional groups attached to an aromatic ring is 1. The second-order valence-electron chi connectivity index (χ2n) is 5.25. The van der Waals surface area contributed by atoms with Gasteiger partial charge in [-0.3, -0.25) is 4.68 Å². The number of carboxylic acid groups (broad SMARTS) is 1. The molecule has 0 saturated carbocycles. The quantitative estimate of drug-likeness (QED) is 0.897. The van der Waals surface area contributed by atoms with Gasteiger partial charge in [0.25, 0.3) is 0 Å². The topological polar surface area (TPSA) is 81.1 Å². The molecule has 3 rings (SSSR count). The normalized spacial score (nSPS) is 17.7. The Morgan fingerprint density at radius 3 is 3.00 bits per heavy atom. The first-order chi connectivity index (χ1) is 9.65. The molecule has 0 amide bonds. The number of hydrogen-bond donors (Lipinski definition) is 2. The van der Waals surface area contributed by atoms with E-state index in [9.17, 15) is 4.79 Å². The molecule has 1 atom stereocenters. The molecule has 1 aromatic heterocycles. The zero-order chi connectivity index (χ0) is 14.1. The zero-order valence-electron chi connectivity index (χ0n) is 11.1. The third-order valence-electron chi connectivity index (χ3n) is 3.89. The number of hydrogen-bond acceptors (Lipinski definition) is 3. The summed E-state index contributed by atoms with van der Waals surface area (Å²) in [5, 5.41) is 13.1. The number of nitrogens with zero attached hydrogens (tertiary/aromatic N) is 2. The van der Waals surface area contributed by atoms with E-state index in [0.717, 1.165) is 19.3 Å². The van der Waals surface area contributed by atoms with E-state index in [1.165, 1.54) is 11.1 Å². The van der Waals surface area contributed by atoms with Gasteiger partial charge in [0.15, 0.2) is 5.69 Å². The van der Waals surface area contributed by atoms with Gasteiger partial charge in [-0.1, -0.05) is 24.3 Å². The Morgan fingerprint density at radius 2 is 2.25 bits per heavy atom. The average molecular weight is 271 g/mol. The molecular formula is C15H17N3O2. The van der Waals surface area contributed by atoms with Crippen molar-refractivity contribution < 1.29 is 9.90 Å². The minimum atomic E-state index is -1.08. The summed E-state index contributed by atoms with van der Waals surface area (Å²) >= 11 is 0. The Kier molecular flexibility index (Phi) is 3.18. The van der Waals surface area contributed by atoms with Crippen molar-refractivity contribution in [1.82, 2.24) is 9.78 Å². The standard InChI is InChI=1S/C15H17N3O2/c16-13-9-18(17-14(13)15(19)20)8-11-6-3-5-10-4-1-2-7-12(10)11/h1-2,4,7,9,11H,3,5-6,8,16H2,(H,19,20). The summed E-state index contributed by atoms with van der Waals surface area (Å²) in [6.45, 7) is 0.675. The van der Waals surface area contributed by atoms with E-state index in [0.29, 0.717) is 12.5 Å². The Hall–Kier alpha value is -2.30.